The van der Waals surface area contributed by atoms with E-state index in [-0.39, 0.29) is 34.8 Å². The fourth-order valence-corrected chi connectivity index (χ4v) is 4.34. The number of hydrogen-bond donors (Lipinski definition) is 0. The fraction of sp³-hybridized carbons (Fsp3) is 0.269. The van der Waals surface area contributed by atoms with Crippen LogP contribution in [0, 0.1) is 18.7 Å². The standard InChI is InChI=1S/C26H28FNO5S/c1-18(2)16-28(26(29)21-8-5-19(3)6-9-21)17-20-7-14-24(32-4)25(15-20)33-34(30,31)23-12-10-22(27)11-13-23/h5-15,18H,16-17H2,1-4H3. The zero-order valence-electron chi connectivity index (χ0n) is 19.6. The highest BCUT2D eigenvalue weighted by Gasteiger charge is 2.22. The molecule has 6 nitrogen and oxygen atoms in total. The number of hydrogen-bond acceptors (Lipinski definition) is 5. The third-order valence-electron chi connectivity index (χ3n) is 5.07. The molecule has 0 bridgehead atoms. The number of benzene rings is 3. The van der Waals surface area contributed by atoms with E-state index in [0.717, 1.165) is 29.8 Å². The summed E-state index contributed by atoms with van der Waals surface area (Å²) < 4.78 is 49.2. The van der Waals surface area contributed by atoms with Gasteiger partial charge in [0, 0.05) is 18.7 Å². The van der Waals surface area contributed by atoms with Gasteiger partial charge in [-0.2, -0.15) is 8.42 Å². The largest absolute Gasteiger partial charge is 0.493 e. The first-order valence-corrected chi connectivity index (χ1v) is 12.2. The van der Waals surface area contributed by atoms with Crippen molar-refractivity contribution in [3.05, 3.63) is 89.2 Å². The number of halogens is 1. The van der Waals surface area contributed by atoms with Gasteiger partial charge in [-0.1, -0.05) is 37.6 Å². The number of carbonyl (C=O) groups excluding carboxylic acids is 1. The Morgan fingerprint density at radius 3 is 2.21 bits per heavy atom. The predicted octanol–water partition coefficient (Wildman–Crippen LogP) is 5.21. The van der Waals surface area contributed by atoms with Crippen LogP contribution in [0.3, 0.4) is 0 Å². The molecule has 34 heavy (non-hydrogen) atoms. The maximum Gasteiger partial charge on any atom is 0.339 e. The molecule has 3 aromatic rings. The summed E-state index contributed by atoms with van der Waals surface area (Å²) in [4.78, 5) is 14.7. The van der Waals surface area contributed by atoms with E-state index in [4.69, 9.17) is 8.92 Å². The number of ether oxygens (including phenoxy) is 1. The average Bonchev–Trinajstić information content (AvgIpc) is 2.78. The van der Waals surface area contributed by atoms with Crippen LogP contribution in [0.25, 0.3) is 0 Å². The monoisotopic (exact) mass is 485 g/mol. The zero-order chi connectivity index (χ0) is 24.9. The van der Waals surface area contributed by atoms with Gasteiger partial charge in [0.15, 0.2) is 11.5 Å². The number of methoxy groups -OCH3 is 1. The highest BCUT2D eigenvalue weighted by atomic mass is 32.2. The Bertz CT molecular complexity index is 1240. The predicted molar refractivity (Wildman–Crippen MR) is 128 cm³/mol. The molecule has 3 rings (SSSR count). The van der Waals surface area contributed by atoms with Crippen molar-refractivity contribution in [1.82, 2.24) is 4.90 Å². The lowest BCUT2D eigenvalue weighted by Gasteiger charge is -2.25. The number of nitrogens with zero attached hydrogens (tertiary/aromatic N) is 1. The van der Waals surface area contributed by atoms with Gasteiger partial charge in [0.05, 0.1) is 7.11 Å². The van der Waals surface area contributed by atoms with E-state index in [1.165, 1.54) is 13.2 Å². The van der Waals surface area contributed by atoms with Gasteiger partial charge in [-0.3, -0.25) is 4.79 Å². The molecule has 0 radical (unpaired) electrons. The van der Waals surface area contributed by atoms with Crippen molar-refractivity contribution in [3.8, 4) is 11.5 Å². The SMILES string of the molecule is COc1ccc(CN(CC(C)C)C(=O)c2ccc(C)cc2)cc1OS(=O)(=O)c1ccc(F)cc1. The van der Waals surface area contributed by atoms with Gasteiger partial charge in [-0.05, 0) is 66.9 Å². The van der Waals surface area contributed by atoms with Crippen LogP contribution in [0.4, 0.5) is 4.39 Å². The summed E-state index contributed by atoms with van der Waals surface area (Å²) in [6, 6.07) is 16.6. The molecule has 0 atom stereocenters. The maximum absolute atomic E-state index is 13.2. The molecule has 1 amide bonds. The summed E-state index contributed by atoms with van der Waals surface area (Å²) in [7, 11) is -2.82. The van der Waals surface area contributed by atoms with Crippen LogP contribution < -0.4 is 8.92 Å². The zero-order valence-corrected chi connectivity index (χ0v) is 20.4. The first-order valence-electron chi connectivity index (χ1n) is 10.8. The van der Waals surface area contributed by atoms with Crippen molar-refractivity contribution in [2.45, 2.75) is 32.2 Å². The summed E-state index contributed by atoms with van der Waals surface area (Å²) in [6.07, 6.45) is 0. The molecular formula is C26H28FNO5S. The third kappa shape index (κ3) is 6.35. The first-order chi connectivity index (χ1) is 16.1. The van der Waals surface area contributed by atoms with Crippen molar-refractivity contribution in [2.24, 2.45) is 5.92 Å². The minimum absolute atomic E-state index is 0.0170. The molecule has 0 spiro atoms. The normalized spacial score (nSPS) is 11.4. The highest BCUT2D eigenvalue weighted by Crippen LogP contribution is 2.31. The summed E-state index contributed by atoms with van der Waals surface area (Å²) in [5.74, 6) is -0.249. The molecule has 0 heterocycles. The molecule has 0 saturated heterocycles. The second-order valence-electron chi connectivity index (χ2n) is 8.42. The van der Waals surface area contributed by atoms with Crippen molar-refractivity contribution in [3.63, 3.8) is 0 Å². The molecule has 8 heteroatoms. The average molecular weight is 486 g/mol. The Kier molecular flexibility index (Phi) is 7.94. The minimum Gasteiger partial charge on any atom is -0.493 e. The van der Waals surface area contributed by atoms with Crippen molar-refractivity contribution < 1.29 is 26.5 Å². The molecule has 180 valence electrons. The quantitative estimate of drug-likeness (QED) is 0.389. The van der Waals surface area contributed by atoms with Crippen LogP contribution in [-0.2, 0) is 16.7 Å². The van der Waals surface area contributed by atoms with Crippen LogP contribution in [0.5, 0.6) is 11.5 Å². The minimum atomic E-state index is -4.22. The molecule has 0 aliphatic carbocycles. The van der Waals surface area contributed by atoms with E-state index in [0.29, 0.717) is 17.7 Å². The highest BCUT2D eigenvalue weighted by molar-refractivity contribution is 7.87. The molecular weight excluding hydrogens is 457 g/mol. The fourth-order valence-electron chi connectivity index (χ4n) is 3.41. The second kappa shape index (κ2) is 10.7. The Morgan fingerprint density at radius 2 is 1.62 bits per heavy atom. The Balaban J connectivity index is 1.89. The van der Waals surface area contributed by atoms with Crippen LogP contribution in [0.1, 0.15) is 35.3 Å². The summed E-state index contributed by atoms with van der Waals surface area (Å²) >= 11 is 0. The molecule has 3 aromatic carbocycles. The van der Waals surface area contributed by atoms with E-state index in [9.17, 15) is 17.6 Å². The topological polar surface area (TPSA) is 72.9 Å². The summed E-state index contributed by atoms with van der Waals surface area (Å²) in [5.41, 5.74) is 2.31. The van der Waals surface area contributed by atoms with Gasteiger partial charge < -0.3 is 13.8 Å². The van der Waals surface area contributed by atoms with Crippen LogP contribution in [-0.4, -0.2) is 32.9 Å². The number of rotatable bonds is 9. The van der Waals surface area contributed by atoms with E-state index in [1.54, 1.807) is 29.2 Å². The lowest BCUT2D eigenvalue weighted by atomic mass is 10.1. The number of carbonyl (C=O) groups is 1. The van der Waals surface area contributed by atoms with E-state index in [1.807, 2.05) is 32.9 Å². The van der Waals surface area contributed by atoms with Crippen molar-refractivity contribution in [1.29, 1.82) is 0 Å². The first kappa shape index (κ1) is 25.2. The Hall–Kier alpha value is -3.39. The molecule has 0 aliphatic heterocycles. The third-order valence-corrected chi connectivity index (χ3v) is 6.32. The van der Waals surface area contributed by atoms with Crippen LogP contribution in [0.15, 0.2) is 71.6 Å². The number of aryl methyl sites for hydroxylation is 1. The van der Waals surface area contributed by atoms with Gasteiger partial charge in [-0.15, -0.1) is 0 Å². The van der Waals surface area contributed by atoms with Crippen LogP contribution in [0.2, 0.25) is 0 Å². The van der Waals surface area contributed by atoms with Crippen molar-refractivity contribution >= 4 is 16.0 Å². The summed E-state index contributed by atoms with van der Waals surface area (Å²) in [5, 5.41) is 0. The molecule has 0 unspecified atom stereocenters. The Labute approximate surface area is 200 Å². The number of amides is 1. The smallest absolute Gasteiger partial charge is 0.339 e. The molecule has 0 fully saturated rings. The second-order valence-corrected chi connectivity index (χ2v) is 9.97. The van der Waals surface area contributed by atoms with Gasteiger partial charge in [0.25, 0.3) is 5.91 Å². The molecule has 0 aromatic heterocycles. The van der Waals surface area contributed by atoms with E-state index < -0.39 is 15.9 Å². The lowest BCUT2D eigenvalue weighted by molar-refractivity contribution is 0.0722. The Morgan fingerprint density at radius 1 is 0.971 bits per heavy atom. The molecule has 0 N–H and O–H groups in total. The summed E-state index contributed by atoms with van der Waals surface area (Å²) in [6.45, 7) is 6.77. The van der Waals surface area contributed by atoms with Crippen LogP contribution >= 0.6 is 0 Å². The lowest BCUT2D eigenvalue weighted by Crippen LogP contribution is -2.33. The van der Waals surface area contributed by atoms with Gasteiger partial charge >= 0.3 is 10.1 Å². The molecule has 0 saturated carbocycles. The molecule has 0 aliphatic rings. The van der Waals surface area contributed by atoms with E-state index in [2.05, 4.69) is 0 Å². The van der Waals surface area contributed by atoms with Gasteiger partial charge in [-0.25, -0.2) is 4.39 Å². The van der Waals surface area contributed by atoms with E-state index >= 15 is 0 Å². The van der Waals surface area contributed by atoms with Gasteiger partial charge in [0.2, 0.25) is 0 Å². The maximum atomic E-state index is 13.2. The van der Waals surface area contributed by atoms with Crippen molar-refractivity contribution in [2.75, 3.05) is 13.7 Å². The van der Waals surface area contributed by atoms with Gasteiger partial charge in [0.1, 0.15) is 10.7 Å².